The smallest absolute Gasteiger partial charge is 0.325 e. The summed E-state index contributed by atoms with van der Waals surface area (Å²) < 4.78 is 11.2. The van der Waals surface area contributed by atoms with Gasteiger partial charge in [0.2, 0.25) is 5.43 Å². The van der Waals surface area contributed by atoms with Gasteiger partial charge in [-0.25, -0.2) is 4.98 Å². The minimum absolute atomic E-state index is 0.185. The SMILES string of the molecule is CCc1cc2c(=O)c(-c3nc(C)cs3)coc2cc1OCC(=O)N[C@H](C)C(=O)O. The van der Waals surface area contributed by atoms with Gasteiger partial charge in [0, 0.05) is 17.1 Å². The van der Waals surface area contributed by atoms with Gasteiger partial charge in [-0.1, -0.05) is 6.92 Å². The van der Waals surface area contributed by atoms with Crippen LogP contribution in [0.25, 0.3) is 21.5 Å². The Hall–Kier alpha value is -3.20. The molecule has 0 radical (unpaired) electrons. The number of fused-ring (bicyclic) bond motifs is 1. The molecule has 0 saturated carbocycles. The normalized spacial score (nSPS) is 12.0. The molecule has 152 valence electrons. The van der Waals surface area contributed by atoms with Crippen molar-refractivity contribution >= 4 is 34.2 Å². The first-order valence-electron chi connectivity index (χ1n) is 8.96. The molecule has 2 aromatic heterocycles. The fourth-order valence-electron chi connectivity index (χ4n) is 2.73. The number of rotatable bonds is 7. The van der Waals surface area contributed by atoms with E-state index in [1.165, 1.54) is 24.5 Å². The Morgan fingerprint density at radius 1 is 1.38 bits per heavy atom. The molecule has 2 N–H and O–H groups in total. The lowest BCUT2D eigenvalue weighted by Gasteiger charge is -2.13. The maximum absolute atomic E-state index is 12.9. The zero-order valence-corrected chi connectivity index (χ0v) is 17.0. The molecule has 0 spiro atoms. The van der Waals surface area contributed by atoms with E-state index in [1.54, 1.807) is 12.1 Å². The number of nitrogens with one attached hydrogen (secondary N) is 1. The summed E-state index contributed by atoms with van der Waals surface area (Å²) in [5.41, 5.74) is 2.11. The van der Waals surface area contributed by atoms with Crippen molar-refractivity contribution in [1.29, 1.82) is 0 Å². The second kappa shape index (κ2) is 8.44. The first-order valence-corrected chi connectivity index (χ1v) is 9.84. The number of benzene rings is 1. The number of hydrogen-bond acceptors (Lipinski definition) is 7. The van der Waals surface area contributed by atoms with Crippen molar-refractivity contribution in [3.63, 3.8) is 0 Å². The van der Waals surface area contributed by atoms with Crippen LogP contribution in [0, 0.1) is 6.92 Å². The number of aryl methyl sites for hydroxylation is 2. The van der Waals surface area contributed by atoms with Gasteiger partial charge in [-0.15, -0.1) is 11.3 Å². The van der Waals surface area contributed by atoms with Crippen molar-refractivity contribution in [3.8, 4) is 16.3 Å². The molecule has 0 aliphatic heterocycles. The standard InChI is InChI=1S/C20H20N2O6S/c1-4-12-5-13-16(6-15(12)28-8-17(23)22-11(3)20(25)26)27-7-14(18(13)24)19-21-10(2)9-29-19/h5-7,9,11H,4,8H2,1-3H3,(H,22,23)(H,25,26)/t11-/m1/s1. The van der Waals surface area contributed by atoms with E-state index in [0.29, 0.717) is 33.7 Å². The van der Waals surface area contributed by atoms with Crippen LogP contribution in [0.1, 0.15) is 25.1 Å². The molecule has 0 bridgehead atoms. The summed E-state index contributed by atoms with van der Waals surface area (Å²) in [5, 5.41) is 14.0. The molecule has 1 aromatic carbocycles. The lowest BCUT2D eigenvalue weighted by Crippen LogP contribution is -2.40. The Kier molecular flexibility index (Phi) is 5.97. The molecule has 9 heteroatoms. The maximum atomic E-state index is 12.9. The van der Waals surface area contributed by atoms with E-state index >= 15 is 0 Å². The van der Waals surface area contributed by atoms with Crippen molar-refractivity contribution in [2.24, 2.45) is 0 Å². The average Bonchev–Trinajstić information content (AvgIpc) is 3.12. The van der Waals surface area contributed by atoms with Gasteiger partial charge in [-0.3, -0.25) is 14.4 Å². The monoisotopic (exact) mass is 416 g/mol. The third-order valence-corrected chi connectivity index (χ3v) is 5.29. The van der Waals surface area contributed by atoms with Crippen molar-refractivity contribution in [2.75, 3.05) is 6.61 Å². The molecule has 3 aromatic rings. The lowest BCUT2D eigenvalue weighted by atomic mass is 10.1. The van der Waals surface area contributed by atoms with E-state index in [4.69, 9.17) is 14.3 Å². The summed E-state index contributed by atoms with van der Waals surface area (Å²) in [6.45, 7) is 4.77. The highest BCUT2D eigenvalue weighted by Gasteiger charge is 2.17. The number of amides is 1. The first kappa shape index (κ1) is 20.5. The number of hydrogen-bond donors (Lipinski definition) is 2. The number of carbonyl (C=O) groups is 2. The molecule has 3 rings (SSSR count). The van der Waals surface area contributed by atoms with Crippen LogP contribution in [0.4, 0.5) is 0 Å². The Labute approximate surface area is 170 Å². The summed E-state index contributed by atoms with van der Waals surface area (Å²) in [6.07, 6.45) is 1.94. The van der Waals surface area contributed by atoms with Gasteiger partial charge in [0.1, 0.15) is 28.6 Å². The predicted octanol–water partition coefficient (Wildman–Crippen LogP) is 2.76. The number of aliphatic carboxylic acids is 1. The minimum atomic E-state index is -1.13. The second-order valence-corrected chi connectivity index (χ2v) is 7.36. The van der Waals surface area contributed by atoms with Gasteiger partial charge in [-0.2, -0.15) is 0 Å². The van der Waals surface area contributed by atoms with Gasteiger partial charge in [0.25, 0.3) is 5.91 Å². The van der Waals surface area contributed by atoms with Crippen LogP contribution >= 0.6 is 11.3 Å². The molecule has 0 unspecified atom stereocenters. The largest absolute Gasteiger partial charge is 0.483 e. The summed E-state index contributed by atoms with van der Waals surface area (Å²) >= 11 is 1.37. The van der Waals surface area contributed by atoms with Gasteiger partial charge >= 0.3 is 5.97 Å². The Morgan fingerprint density at radius 2 is 2.14 bits per heavy atom. The van der Waals surface area contributed by atoms with E-state index in [2.05, 4.69) is 10.3 Å². The second-order valence-electron chi connectivity index (χ2n) is 6.50. The van der Waals surface area contributed by atoms with Crippen LogP contribution in [0.5, 0.6) is 5.75 Å². The van der Waals surface area contributed by atoms with Crippen LogP contribution in [0.3, 0.4) is 0 Å². The van der Waals surface area contributed by atoms with Crippen molar-refractivity contribution in [2.45, 2.75) is 33.2 Å². The topological polar surface area (TPSA) is 119 Å². The summed E-state index contributed by atoms with van der Waals surface area (Å²) in [7, 11) is 0. The summed E-state index contributed by atoms with van der Waals surface area (Å²) in [6, 6.07) is 2.25. The lowest BCUT2D eigenvalue weighted by molar-refractivity contribution is -0.141. The van der Waals surface area contributed by atoms with Gasteiger partial charge < -0.3 is 19.6 Å². The highest BCUT2D eigenvalue weighted by Crippen LogP contribution is 2.28. The minimum Gasteiger partial charge on any atom is -0.483 e. The number of carbonyl (C=O) groups excluding carboxylic acids is 1. The predicted molar refractivity (Wildman–Crippen MR) is 108 cm³/mol. The van der Waals surface area contributed by atoms with Gasteiger partial charge in [-0.05, 0) is 31.9 Å². The van der Waals surface area contributed by atoms with Crippen LogP contribution in [0.2, 0.25) is 0 Å². The molecule has 0 aliphatic carbocycles. The number of aromatic nitrogens is 1. The first-order chi connectivity index (χ1) is 13.8. The molecule has 29 heavy (non-hydrogen) atoms. The Morgan fingerprint density at radius 3 is 2.76 bits per heavy atom. The summed E-state index contributed by atoms with van der Waals surface area (Å²) in [5.74, 6) is -1.29. The highest BCUT2D eigenvalue weighted by atomic mass is 32.1. The van der Waals surface area contributed by atoms with Crippen LogP contribution in [-0.2, 0) is 16.0 Å². The molecule has 1 amide bonds. The number of carboxylic acid groups (broad SMARTS) is 1. The molecule has 0 aliphatic rings. The van der Waals surface area contributed by atoms with Crippen molar-refractivity contribution in [1.82, 2.24) is 10.3 Å². The van der Waals surface area contributed by atoms with Crippen molar-refractivity contribution in [3.05, 3.63) is 45.3 Å². The molecule has 0 fully saturated rings. The molecular formula is C20H20N2O6S. The summed E-state index contributed by atoms with van der Waals surface area (Å²) in [4.78, 5) is 39.9. The Bertz CT molecular complexity index is 1130. The zero-order valence-electron chi connectivity index (χ0n) is 16.1. The van der Waals surface area contributed by atoms with Crippen LogP contribution in [0.15, 0.2) is 33.0 Å². The third kappa shape index (κ3) is 4.45. The van der Waals surface area contributed by atoms with E-state index in [-0.39, 0.29) is 12.0 Å². The number of thiazole rings is 1. The average molecular weight is 416 g/mol. The Balaban J connectivity index is 1.89. The quantitative estimate of drug-likeness (QED) is 0.608. The van der Waals surface area contributed by atoms with E-state index in [1.807, 2.05) is 19.2 Å². The zero-order chi connectivity index (χ0) is 21.1. The molecule has 8 nitrogen and oxygen atoms in total. The number of ether oxygens (including phenoxy) is 1. The van der Waals surface area contributed by atoms with E-state index in [0.717, 1.165) is 11.3 Å². The molecule has 2 heterocycles. The van der Waals surface area contributed by atoms with E-state index < -0.39 is 17.9 Å². The van der Waals surface area contributed by atoms with Crippen LogP contribution < -0.4 is 15.5 Å². The fourth-order valence-corrected chi connectivity index (χ4v) is 3.53. The number of nitrogens with zero attached hydrogens (tertiary/aromatic N) is 1. The number of carboxylic acids is 1. The van der Waals surface area contributed by atoms with Gasteiger partial charge in [0.05, 0.1) is 10.9 Å². The van der Waals surface area contributed by atoms with Crippen molar-refractivity contribution < 1.29 is 23.8 Å². The van der Waals surface area contributed by atoms with Gasteiger partial charge in [0.15, 0.2) is 6.61 Å². The third-order valence-electron chi connectivity index (χ3n) is 4.29. The molecular weight excluding hydrogens is 396 g/mol. The maximum Gasteiger partial charge on any atom is 0.325 e. The fraction of sp³-hybridized carbons (Fsp3) is 0.300. The highest BCUT2D eigenvalue weighted by molar-refractivity contribution is 7.13. The molecule has 1 atom stereocenters. The van der Waals surface area contributed by atoms with E-state index in [9.17, 15) is 14.4 Å². The molecule has 0 saturated heterocycles. The van der Waals surface area contributed by atoms with Crippen LogP contribution in [-0.4, -0.2) is 34.6 Å².